The maximum Gasteiger partial charge on any atom is 0.0612 e. The predicted molar refractivity (Wildman–Crippen MR) is 40.5 cm³/mol. The minimum Gasteiger partial charge on any atom is -0.392 e. The van der Waals surface area contributed by atoms with Gasteiger partial charge in [0.05, 0.1) is 6.61 Å². The van der Waals surface area contributed by atoms with Gasteiger partial charge in [0.2, 0.25) is 0 Å². The number of aliphatic hydroxyl groups excluding tert-OH is 1. The normalized spacial score (nSPS) is 49.4. The highest BCUT2D eigenvalue weighted by Crippen LogP contribution is 2.74. The second-order valence-electron chi connectivity index (χ2n) is 3.41. The van der Waals surface area contributed by atoms with Crippen molar-refractivity contribution in [2.45, 2.75) is 13.3 Å². The molecule has 0 amide bonds. The van der Waals surface area contributed by atoms with Gasteiger partial charge in [-0.05, 0) is 23.7 Å². The summed E-state index contributed by atoms with van der Waals surface area (Å²) in [6, 6.07) is 0. The summed E-state index contributed by atoms with van der Waals surface area (Å²) in [5.74, 6) is 3.95. The minimum absolute atomic E-state index is 0.215. The van der Waals surface area contributed by atoms with Crippen LogP contribution in [0.4, 0.5) is 0 Å². The molecule has 0 radical (unpaired) electrons. The van der Waals surface area contributed by atoms with Crippen molar-refractivity contribution in [1.29, 1.82) is 0 Å². The Labute approximate surface area is 61.8 Å². The number of aliphatic hydroxyl groups is 1. The van der Waals surface area contributed by atoms with Crippen LogP contribution in [0.2, 0.25) is 0 Å². The Balaban J connectivity index is 1.72. The molecule has 0 aromatic heterocycles. The Bertz CT molecular complexity index is 152. The molecule has 2 fully saturated rings. The first-order valence-corrected chi connectivity index (χ1v) is 4.17. The number of allylic oxidation sites excluding steroid dienone is 1. The van der Waals surface area contributed by atoms with Crippen LogP contribution >= 0.6 is 0 Å². The molecule has 10 heavy (non-hydrogen) atoms. The number of fused-ring (bicyclic) bond motifs is 1. The fourth-order valence-electron chi connectivity index (χ4n) is 2.26. The molecule has 2 unspecified atom stereocenters. The van der Waals surface area contributed by atoms with Crippen LogP contribution in [0.3, 0.4) is 0 Å². The second kappa shape index (κ2) is 2.09. The van der Waals surface area contributed by atoms with Gasteiger partial charge < -0.3 is 5.11 Å². The average Bonchev–Trinajstić information content (AvgIpc) is 2.75. The van der Waals surface area contributed by atoms with Gasteiger partial charge in [0, 0.05) is 0 Å². The second-order valence-corrected chi connectivity index (χ2v) is 3.41. The molecule has 1 nitrogen and oxygen atoms in total. The molecule has 0 bridgehead atoms. The van der Waals surface area contributed by atoms with Gasteiger partial charge in [0.15, 0.2) is 0 Å². The first-order chi connectivity index (χ1) is 4.90. The molecule has 56 valence electrons. The lowest BCUT2D eigenvalue weighted by atomic mass is 10.0. The molecule has 0 aromatic rings. The Morgan fingerprint density at radius 2 is 2.10 bits per heavy atom. The van der Waals surface area contributed by atoms with Crippen LogP contribution in [0.25, 0.3) is 0 Å². The summed E-state index contributed by atoms with van der Waals surface area (Å²) in [5, 5.41) is 8.48. The van der Waals surface area contributed by atoms with Crippen LogP contribution in [0.5, 0.6) is 0 Å². The van der Waals surface area contributed by atoms with E-state index in [4.69, 9.17) is 5.11 Å². The summed E-state index contributed by atoms with van der Waals surface area (Å²) in [6.45, 7) is 2.48. The van der Waals surface area contributed by atoms with E-state index in [0.29, 0.717) is 0 Å². The zero-order chi connectivity index (χ0) is 7.14. The number of rotatable bonds is 3. The third-order valence-corrected chi connectivity index (χ3v) is 2.98. The Morgan fingerprint density at radius 3 is 2.60 bits per heavy atom. The SMILES string of the molecule is CCC1C2C(/C=C/CO)C12. The van der Waals surface area contributed by atoms with Crippen molar-refractivity contribution in [2.75, 3.05) is 6.61 Å². The van der Waals surface area contributed by atoms with Crippen LogP contribution < -0.4 is 0 Å². The Kier molecular flexibility index (Phi) is 1.34. The summed E-state index contributed by atoms with van der Waals surface area (Å²) in [5.41, 5.74) is 0. The fraction of sp³-hybridized carbons (Fsp3) is 0.778. The Morgan fingerprint density at radius 1 is 1.40 bits per heavy atom. The fourth-order valence-corrected chi connectivity index (χ4v) is 2.26. The Hall–Kier alpha value is -0.300. The summed E-state index contributed by atoms with van der Waals surface area (Å²) in [6.07, 6.45) is 5.42. The molecule has 0 heterocycles. The maximum absolute atomic E-state index is 8.48. The van der Waals surface area contributed by atoms with Crippen molar-refractivity contribution >= 4 is 0 Å². The lowest BCUT2D eigenvalue weighted by molar-refractivity contribution is 0.341. The molecule has 2 atom stereocenters. The quantitative estimate of drug-likeness (QED) is 0.585. The van der Waals surface area contributed by atoms with Crippen molar-refractivity contribution in [3.8, 4) is 0 Å². The van der Waals surface area contributed by atoms with E-state index in [0.717, 1.165) is 23.7 Å². The van der Waals surface area contributed by atoms with Crippen molar-refractivity contribution in [3.63, 3.8) is 0 Å². The summed E-state index contributed by atoms with van der Waals surface area (Å²) in [7, 11) is 0. The van der Waals surface area contributed by atoms with Crippen LogP contribution in [-0.2, 0) is 0 Å². The van der Waals surface area contributed by atoms with Gasteiger partial charge in [-0.2, -0.15) is 0 Å². The van der Waals surface area contributed by atoms with Gasteiger partial charge in [0.25, 0.3) is 0 Å². The van der Waals surface area contributed by atoms with Gasteiger partial charge in [0.1, 0.15) is 0 Å². The van der Waals surface area contributed by atoms with Crippen LogP contribution in [0, 0.1) is 23.7 Å². The smallest absolute Gasteiger partial charge is 0.0612 e. The lowest BCUT2D eigenvalue weighted by Gasteiger charge is -2.02. The molecule has 2 aliphatic carbocycles. The highest BCUT2D eigenvalue weighted by Gasteiger charge is 2.70. The molecule has 2 saturated carbocycles. The highest BCUT2D eigenvalue weighted by molar-refractivity contribution is 5.24. The van der Waals surface area contributed by atoms with E-state index in [1.165, 1.54) is 6.42 Å². The summed E-state index contributed by atoms with van der Waals surface area (Å²) < 4.78 is 0. The molecule has 0 aromatic carbocycles. The van der Waals surface area contributed by atoms with Crippen LogP contribution in [0.1, 0.15) is 13.3 Å². The molecule has 0 aliphatic heterocycles. The van der Waals surface area contributed by atoms with Crippen molar-refractivity contribution in [3.05, 3.63) is 12.2 Å². The minimum atomic E-state index is 0.215. The van der Waals surface area contributed by atoms with Crippen LogP contribution in [0.15, 0.2) is 12.2 Å². The van der Waals surface area contributed by atoms with Gasteiger partial charge in [-0.15, -0.1) is 0 Å². The third-order valence-electron chi connectivity index (χ3n) is 2.98. The number of hydrogen-bond acceptors (Lipinski definition) is 1. The molecular weight excluding hydrogens is 124 g/mol. The molecule has 2 aliphatic rings. The highest BCUT2D eigenvalue weighted by atomic mass is 16.2. The van der Waals surface area contributed by atoms with E-state index in [1.54, 1.807) is 0 Å². The van der Waals surface area contributed by atoms with E-state index in [-0.39, 0.29) is 6.61 Å². The van der Waals surface area contributed by atoms with Crippen molar-refractivity contribution in [1.82, 2.24) is 0 Å². The lowest BCUT2D eigenvalue weighted by Crippen LogP contribution is -1.95. The van der Waals surface area contributed by atoms with Gasteiger partial charge in [-0.25, -0.2) is 0 Å². The zero-order valence-electron chi connectivity index (χ0n) is 6.33. The number of hydrogen-bond donors (Lipinski definition) is 1. The van der Waals surface area contributed by atoms with E-state index in [9.17, 15) is 0 Å². The van der Waals surface area contributed by atoms with Gasteiger partial charge in [-0.1, -0.05) is 25.5 Å². The standard InChI is InChI=1S/C9H14O/c1-2-6-8-7(9(6)8)4-3-5-10/h3-4,6-10H,2,5H2,1H3/b4-3+. The first kappa shape index (κ1) is 6.41. The van der Waals surface area contributed by atoms with Crippen LogP contribution in [-0.4, -0.2) is 11.7 Å². The zero-order valence-corrected chi connectivity index (χ0v) is 6.33. The maximum atomic E-state index is 8.48. The monoisotopic (exact) mass is 138 g/mol. The molecule has 1 N–H and O–H groups in total. The first-order valence-electron chi connectivity index (χ1n) is 4.17. The summed E-state index contributed by atoms with van der Waals surface area (Å²) in [4.78, 5) is 0. The van der Waals surface area contributed by atoms with E-state index in [2.05, 4.69) is 13.0 Å². The topological polar surface area (TPSA) is 20.2 Å². The third kappa shape index (κ3) is 0.734. The van der Waals surface area contributed by atoms with Crippen molar-refractivity contribution < 1.29 is 5.11 Å². The molecule has 1 heteroatoms. The molecule has 0 spiro atoms. The predicted octanol–water partition coefficient (Wildman–Crippen LogP) is 1.44. The largest absolute Gasteiger partial charge is 0.392 e. The van der Waals surface area contributed by atoms with Gasteiger partial charge in [-0.3, -0.25) is 0 Å². The average molecular weight is 138 g/mol. The van der Waals surface area contributed by atoms with E-state index >= 15 is 0 Å². The summed E-state index contributed by atoms with van der Waals surface area (Å²) >= 11 is 0. The van der Waals surface area contributed by atoms with E-state index < -0.39 is 0 Å². The molecular formula is C9H14O. The van der Waals surface area contributed by atoms with Crippen molar-refractivity contribution in [2.24, 2.45) is 23.7 Å². The van der Waals surface area contributed by atoms with Gasteiger partial charge >= 0.3 is 0 Å². The molecule has 0 saturated heterocycles. The molecule has 2 rings (SSSR count). The van der Waals surface area contributed by atoms with E-state index in [1.807, 2.05) is 6.08 Å².